The highest BCUT2D eigenvalue weighted by Gasteiger charge is 2.37. The Kier molecular flexibility index (Phi) is 4.74. The van der Waals surface area contributed by atoms with Crippen molar-refractivity contribution in [3.05, 3.63) is 42.5 Å². The van der Waals surface area contributed by atoms with E-state index in [2.05, 4.69) is 22.3 Å². The summed E-state index contributed by atoms with van der Waals surface area (Å²) in [5.41, 5.74) is 1.73. The number of hydrogen-bond acceptors (Lipinski definition) is 3. The van der Waals surface area contributed by atoms with Crippen LogP contribution in [0.3, 0.4) is 0 Å². The van der Waals surface area contributed by atoms with Gasteiger partial charge in [0, 0.05) is 24.0 Å². The summed E-state index contributed by atoms with van der Waals surface area (Å²) in [5.74, 6) is 0.156. The molecule has 1 fully saturated rings. The molecule has 0 aromatic carbocycles. The monoisotopic (exact) mass is 312 g/mol. The lowest BCUT2D eigenvalue weighted by molar-refractivity contribution is -0.127. The van der Waals surface area contributed by atoms with Gasteiger partial charge in [-0.2, -0.15) is 5.10 Å². The Morgan fingerprint density at radius 1 is 1.26 bits per heavy atom. The molecule has 122 valence electrons. The molecule has 2 heterocycles. The fourth-order valence-electron chi connectivity index (χ4n) is 3.42. The molecule has 5 nitrogen and oxygen atoms in total. The predicted molar refractivity (Wildman–Crippen MR) is 90.0 cm³/mol. The Hall–Kier alpha value is -2.17. The number of carbonyl (C=O) groups excluding carboxylic acids is 1. The zero-order chi connectivity index (χ0) is 16.1. The highest BCUT2D eigenvalue weighted by Crippen LogP contribution is 2.40. The van der Waals surface area contributed by atoms with Gasteiger partial charge >= 0.3 is 0 Å². The highest BCUT2D eigenvalue weighted by atomic mass is 16.2. The van der Waals surface area contributed by atoms with Gasteiger partial charge in [-0.15, -0.1) is 0 Å². The van der Waals surface area contributed by atoms with Crippen molar-refractivity contribution in [3.8, 4) is 0 Å². The number of nitrogens with one attached hydrogen (secondary N) is 1. The maximum atomic E-state index is 12.7. The van der Waals surface area contributed by atoms with E-state index in [1.54, 1.807) is 18.6 Å². The van der Waals surface area contributed by atoms with Crippen molar-refractivity contribution >= 4 is 11.6 Å². The number of hydrogen-bond donors (Lipinski definition) is 1. The van der Waals surface area contributed by atoms with Gasteiger partial charge in [-0.1, -0.05) is 26.2 Å². The molecule has 0 spiro atoms. The van der Waals surface area contributed by atoms with Gasteiger partial charge in [0.2, 0.25) is 5.91 Å². The third kappa shape index (κ3) is 3.60. The summed E-state index contributed by atoms with van der Waals surface area (Å²) in [6.45, 7) is 2.80. The first-order valence-electron chi connectivity index (χ1n) is 8.45. The van der Waals surface area contributed by atoms with E-state index in [4.69, 9.17) is 0 Å². The van der Waals surface area contributed by atoms with Crippen LogP contribution in [0, 0.1) is 5.41 Å². The first-order valence-corrected chi connectivity index (χ1v) is 8.45. The summed E-state index contributed by atoms with van der Waals surface area (Å²) in [5, 5.41) is 7.41. The third-order valence-electron chi connectivity index (χ3n) is 4.95. The molecule has 1 aliphatic rings. The van der Waals surface area contributed by atoms with E-state index in [9.17, 15) is 4.79 Å². The minimum Gasteiger partial charge on any atom is -0.323 e. The Morgan fingerprint density at radius 3 is 2.70 bits per heavy atom. The van der Waals surface area contributed by atoms with E-state index >= 15 is 0 Å². The number of anilines is 1. The molecule has 0 radical (unpaired) electrons. The van der Waals surface area contributed by atoms with Crippen LogP contribution < -0.4 is 5.32 Å². The smallest absolute Gasteiger partial charge is 0.230 e. The van der Waals surface area contributed by atoms with Crippen LogP contribution in [-0.4, -0.2) is 20.7 Å². The Balaban J connectivity index is 1.65. The Bertz CT molecular complexity index is 644. The van der Waals surface area contributed by atoms with Gasteiger partial charge < -0.3 is 5.32 Å². The third-order valence-corrected chi connectivity index (χ3v) is 4.95. The average Bonchev–Trinajstić information content (AvgIpc) is 3.03. The van der Waals surface area contributed by atoms with Crippen LogP contribution in [0.1, 0.15) is 51.0 Å². The normalized spacial score (nSPS) is 16.9. The van der Waals surface area contributed by atoms with Crippen molar-refractivity contribution in [3.63, 3.8) is 0 Å². The predicted octanol–water partition coefficient (Wildman–Crippen LogP) is 3.63. The first-order chi connectivity index (χ1) is 11.2. The van der Waals surface area contributed by atoms with Gasteiger partial charge in [0.05, 0.1) is 18.4 Å². The molecule has 0 aliphatic heterocycles. The van der Waals surface area contributed by atoms with E-state index in [0.29, 0.717) is 6.54 Å². The van der Waals surface area contributed by atoms with Gasteiger partial charge in [-0.05, 0) is 37.0 Å². The van der Waals surface area contributed by atoms with Gasteiger partial charge in [0.1, 0.15) is 0 Å². The maximum absolute atomic E-state index is 12.7. The molecule has 0 atom stereocenters. The quantitative estimate of drug-likeness (QED) is 0.917. The summed E-state index contributed by atoms with van der Waals surface area (Å²) in [6, 6.07) is 3.93. The zero-order valence-electron chi connectivity index (χ0n) is 13.7. The molecule has 0 unspecified atom stereocenters. The maximum Gasteiger partial charge on any atom is 0.230 e. The number of aromatic nitrogens is 3. The van der Waals surface area contributed by atoms with E-state index in [1.807, 2.05) is 23.0 Å². The Labute approximate surface area is 137 Å². The number of pyridine rings is 1. The van der Waals surface area contributed by atoms with Crippen molar-refractivity contribution in [2.24, 2.45) is 5.41 Å². The van der Waals surface area contributed by atoms with Crippen LogP contribution in [0.5, 0.6) is 0 Å². The fraction of sp³-hybridized carbons (Fsp3) is 0.500. The number of nitrogens with zero attached hydrogens (tertiary/aromatic N) is 3. The van der Waals surface area contributed by atoms with Gasteiger partial charge in [0.15, 0.2) is 0 Å². The molecule has 0 bridgehead atoms. The second-order valence-electron chi connectivity index (χ2n) is 6.43. The molecule has 5 heteroatoms. The first kappa shape index (κ1) is 15.7. The van der Waals surface area contributed by atoms with Crippen LogP contribution in [0.15, 0.2) is 36.9 Å². The van der Waals surface area contributed by atoms with Crippen LogP contribution in [0.25, 0.3) is 0 Å². The summed E-state index contributed by atoms with van der Waals surface area (Å²) < 4.78 is 1.84. The molecular weight excluding hydrogens is 288 g/mol. The lowest BCUT2D eigenvalue weighted by Crippen LogP contribution is -2.37. The van der Waals surface area contributed by atoms with Crippen molar-refractivity contribution in [2.45, 2.75) is 52.0 Å². The van der Waals surface area contributed by atoms with Crippen LogP contribution in [0.4, 0.5) is 5.69 Å². The second kappa shape index (κ2) is 6.94. The second-order valence-corrected chi connectivity index (χ2v) is 6.43. The molecule has 1 aliphatic carbocycles. The minimum atomic E-state index is -0.189. The topological polar surface area (TPSA) is 59.8 Å². The van der Waals surface area contributed by atoms with Gasteiger partial charge in [-0.25, -0.2) is 0 Å². The van der Waals surface area contributed by atoms with Crippen LogP contribution in [0.2, 0.25) is 0 Å². The van der Waals surface area contributed by atoms with Crippen LogP contribution >= 0.6 is 0 Å². The fourth-order valence-corrected chi connectivity index (χ4v) is 3.42. The van der Waals surface area contributed by atoms with E-state index in [1.165, 1.54) is 6.42 Å². The molecule has 0 saturated heterocycles. The standard InChI is InChI=1S/C18H24N4O/c1-2-18(8-4-3-5-9-18)17(23)21-16-12-20-22(14-16)13-15-6-10-19-11-7-15/h6-7,10-12,14H,2-5,8-9,13H2,1H3,(H,21,23). The van der Waals surface area contributed by atoms with Gasteiger partial charge in [-0.3, -0.25) is 14.5 Å². The summed E-state index contributed by atoms with van der Waals surface area (Å²) in [4.78, 5) is 16.7. The van der Waals surface area contributed by atoms with Crippen molar-refractivity contribution in [2.75, 3.05) is 5.32 Å². The Morgan fingerprint density at radius 2 is 2.00 bits per heavy atom. The molecule has 2 aromatic heterocycles. The SMILES string of the molecule is CCC1(C(=O)Nc2cnn(Cc3ccncc3)c2)CCCCC1. The molecule has 3 rings (SSSR count). The lowest BCUT2D eigenvalue weighted by Gasteiger charge is -2.34. The molecule has 1 N–H and O–H groups in total. The van der Waals surface area contributed by atoms with E-state index < -0.39 is 0 Å². The molecular formula is C18H24N4O. The highest BCUT2D eigenvalue weighted by molar-refractivity contribution is 5.95. The summed E-state index contributed by atoms with van der Waals surface area (Å²) in [7, 11) is 0. The van der Waals surface area contributed by atoms with Crippen molar-refractivity contribution < 1.29 is 4.79 Å². The number of rotatable bonds is 5. The summed E-state index contributed by atoms with van der Waals surface area (Å²) in [6.07, 6.45) is 13.6. The minimum absolute atomic E-state index is 0.156. The van der Waals surface area contributed by atoms with Crippen molar-refractivity contribution in [1.82, 2.24) is 14.8 Å². The molecule has 23 heavy (non-hydrogen) atoms. The lowest BCUT2D eigenvalue weighted by atomic mass is 9.71. The zero-order valence-corrected chi connectivity index (χ0v) is 13.7. The molecule has 1 amide bonds. The average molecular weight is 312 g/mol. The number of carbonyl (C=O) groups is 1. The largest absolute Gasteiger partial charge is 0.323 e. The van der Waals surface area contributed by atoms with E-state index in [0.717, 1.165) is 43.4 Å². The van der Waals surface area contributed by atoms with Gasteiger partial charge in [0.25, 0.3) is 0 Å². The van der Waals surface area contributed by atoms with E-state index in [-0.39, 0.29) is 11.3 Å². The molecule has 1 saturated carbocycles. The van der Waals surface area contributed by atoms with Crippen LogP contribution in [-0.2, 0) is 11.3 Å². The van der Waals surface area contributed by atoms with Crippen molar-refractivity contribution in [1.29, 1.82) is 0 Å². The molecule has 2 aromatic rings. The summed E-state index contributed by atoms with van der Waals surface area (Å²) >= 11 is 0. The number of amides is 1.